The zero-order valence-electron chi connectivity index (χ0n) is 19.6. The van der Waals surface area contributed by atoms with Gasteiger partial charge in [0.15, 0.2) is 5.78 Å². The van der Waals surface area contributed by atoms with Crippen LogP contribution in [0, 0.1) is 11.8 Å². The SMILES string of the molecule is COc1ccc(C(C)=O)cc1N1C(=O)[C@H]2C3c4ccccc4C(C(C)=O)(c4ccccc43)[C@H]2C1=O. The van der Waals surface area contributed by atoms with Crippen molar-refractivity contribution in [1.82, 2.24) is 0 Å². The Labute approximate surface area is 202 Å². The van der Waals surface area contributed by atoms with Crippen molar-refractivity contribution in [3.8, 4) is 5.75 Å². The number of imide groups is 1. The van der Waals surface area contributed by atoms with Crippen molar-refractivity contribution in [2.24, 2.45) is 11.8 Å². The molecule has 2 amide bonds. The van der Waals surface area contributed by atoms with E-state index < -0.39 is 23.2 Å². The highest BCUT2D eigenvalue weighted by molar-refractivity contribution is 6.26. The van der Waals surface area contributed by atoms with E-state index in [1.165, 1.54) is 27.0 Å². The van der Waals surface area contributed by atoms with E-state index in [2.05, 4.69) is 0 Å². The van der Waals surface area contributed by atoms with Crippen molar-refractivity contribution >= 4 is 29.1 Å². The van der Waals surface area contributed by atoms with Crippen LogP contribution >= 0.6 is 0 Å². The Morgan fingerprint density at radius 2 is 1.46 bits per heavy atom. The second-order valence-corrected chi connectivity index (χ2v) is 9.47. The molecule has 0 saturated carbocycles. The molecule has 2 bridgehead atoms. The molecule has 1 aliphatic heterocycles. The number of carbonyl (C=O) groups is 4. The second-order valence-electron chi connectivity index (χ2n) is 9.47. The summed E-state index contributed by atoms with van der Waals surface area (Å²) in [5.74, 6) is -2.83. The van der Waals surface area contributed by atoms with Gasteiger partial charge in [0, 0.05) is 11.5 Å². The molecule has 1 saturated heterocycles. The minimum Gasteiger partial charge on any atom is -0.495 e. The third-order valence-electron chi connectivity index (χ3n) is 8.00. The molecule has 6 nitrogen and oxygen atoms in total. The third-order valence-corrected chi connectivity index (χ3v) is 8.00. The first-order chi connectivity index (χ1) is 16.8. The maximum atomic E-state index is 14.2. The lowest BCUT2D eigenvalue weighted by molar-refractivity contribution is -0.132. The van der Waals surface area contributed by atoms with Crippen molar-refractivity contribution in [2.75, 3.05) is 12.0 Å². The smallest absolute Gasteiger partial charge is 0.239 e. The molecule has 0 aromatic heterocycles. The van der Waals surface area contributed by atoms with E-state index in [0.717, 1.165) is 27.2 Å². The Kier molecular flexibility index (Phi) is 4.43. The molecule has 0 spiro atoms. The van der Waals surface area contributed by atoms with E-state index >= 15 is 0 Å². The summed E-state index contributed by atoms with van der Waals surface area (Å²) in [4.78, 5) is 55.3. The van der Waals surface area contributed by atoms with Crippen LogP contribution in [0.3, 0.4) is 0 Å². The molecule has 4 aliphatic rings. The summed E-state index contributed by atoms with van der Waals surface area (Å²) in [6.07, 6.45) is 0. The number of ketones is 2. The molecule has 3 aromatic rings. The first-order valence-electron chi connectivity index (χ1n) is 11.6. The number of Topliss-reactive ketones (excluding diaryl/α,β-unsaturated/α-hetero) is 2. The van der Waals surface area contributed by atoms with Crippen molar-refractivity contribution in [2.45, 2.75) is 25.2 Å². The summed E-state index contributed by atoms with van der Waals surface area (Å²) in [7, 11) is 1.46. The Hall–Kier alpha value is -4.06. The lowest BCUT2D eigenvalue weighted by Crippen LogP contribution is -2.57. The molecule has 3 aliphatic carbocycles. The molecule has 0 unspecified atom stereocenters. The normalized spacial score (nSPS) is 25.7. The molecule has 35 heavy (non-hydrogen) atoms. The molecule has 7 rings (SSSR count). The number of anilines is 1. The molecule has 0 radical (unpaired) electrons. The van der Waals surface area contributed by atoms with Gasteiger partial charge in [0.25, 0.3) is 0 Å². The highest BCUT2D eigenvalue weighted by atomic mass is 16.5. The van der Waals surface area contributed by atoms with Crippen LogP contribution in [0.25, 0.3) is 0 Å². The molecule has 174 valence electrons. The number of ether oxygens (including phenoxy) is 1. The average Bonchev–Trinajstić information content (AvgIpc) is 3.13. The molecule has 1 fully saturated rings. The summed E-state index contributed by atoms with van der Waals surface area (Å²) >= 11 is 0. The number of carbonyl (C=O) groups excluding carboxylic acids is 4. The molecule has 1 heterocycles. The number of benzene rings is 3. The summed E-state index contributed by atoms with van der Waals surface area (Å²) < 4.78 is 5.48. The molecule has 6 heteroatoms. The number of methoxy groups -OCH3 is 1. The van der Waals surface area contributed by atoms with Gasteiger partial charge in [-0.25, -0.2) is 4.90 Å². The van der Waals surface area contributed by atoms with Gasteiger partial charge in [-0.1, -0.05) is 48.5 Å². The zero-order valence-corrected chi connectivity index (χ0v) is 19.6. The van der Waals surface area contributed by atoms with Gasteiger partial charge in [0.1, 0.15) is 11.5 Å². The summed E-state index contributed by atoms with van der Waals surface area (Å²) in [5.41, 5.74) is 2.75. The number of hydrogen-bond acceptors (Lipinski definition) is 5. The van der Waals surface area contributed by atoms with Gasteiger partial charge in [-0.15, -0.1) is 0 Å². The van der Waals surface area contributed by atoms with Crippen LogP contribution in [0.1, 0.15) is 52.4 Å². The minimum absolute atomic E-state index is 0.169. The lowest BCUT2D eigenvalue weighted by Gasteiger charge is -2.52. The van der Waals surface area contributed by atoms with E-state index in [1.807, 2.05) is 48.5 Å². The van der Waals surface area contributed by atoms with Crippen LogP contribution in [0.5, 0.6) is 5.75 Å². The second kappa shape index (κ2) is 7.22. The molecule has 3 aromatic carbocycles. The van der Waals surface area contributed by atoms with E-state index in [1.54, 1.807) is 12.1 Å². The van der Waals surface area contributed by atoms with Crippen LogP contribution in [-0.2, 0) is 19.8 Å². The first-order valence-corrected chi connectivity index (χ1v) is 11.6. The van der Waals surface area contributed by atoms with Crippen LogP contribution in [0.2, 0.25) is 0 Å². The van der Waals surface area contributed by atoms with E-state index in [0.29, 0.717) is 11.3 Å². The Bertz CT molecular complexity index is 1420. The highest BCUT2D eigenvalue weighted by Crippen LogP contribution is 2.64. The van der Waals surface area contributed by atoms with Crippen molar-refractivity contribution in [1.29, 1.82) is 0 Å². The van der Waals surface area contributed by atoms with Crippen LogP contribution < -0.4 is 9.64 Å². The fourth-order valence-corrected chi connectivity index (χ4v) is 6.69. The monoisotopic (exact) mass is 465 g/mol. The van der Waals surface area contributed by atoms with Gasteiger partial charge in [0.05, 0.1) is 30.0 Å². The number of nitrogens with zero attached hydrogens (tertiary/aromatic N) is 1. The molecule has 2 atom stereocenters. The summed E-state index contributed by atoms with van der Waals surface area (Å²) in [6, 6.07) is 20.0. The predicted molar refractivity (Wildman–Crippen MR) is 129 cm³/mol. The Morgan fingerprint density at radius 3 is 2.00 bits per heavy atom. The summed E-state index contributed by atoms with van der Waals surface area (Å²) in [6.45, 7) is 2.94. The Balaban J connectivity index is 1.65. The highest BCUT2D eigenvalue weighted by Gasteiger charge is 2.70. The fraction of sp³-hybridized carbons (Fsp3) is 0.241. The summed E-state index contributed by atoms with van der Waals surface area (Å²) in [5, 5.41) is 0. The van der Waals surface area contributed by atoms with Gasteiger partial charge in [0.2, 0.25) is 11.8 Å². The largest absolute Gasteiger partial charge is 0.495 e. The number of rotatable bonds is 4. The van der Waals surface area contributed by atoms with Crippen molar-refractivity contribution in [3.05, 3.63) is 94.5 Å². The van der Waals surface area contributed by atoms with Crippen LogP contribution in [0.4, 0.5) is 5.69 Å². The zero-order chi connectivity index (χ0) is 24.6. The predicted octanol–water partition coefficient (Wildman–Crippen LogP) is 4.04. The fourth-order valence-electron chi connectivity index (χ4n) is 6.69. The van der Waals surface area contributed by atoms with Crippen LogP contribution in [0.15, 0.2) is 66.7 Å². The maximum absolute atomic E-state index is 14.2. The molecule has 0 N–H and O–H groups in total. The van der Waals surface area contributed by atoms with E-state index in [9.17, 15) is 19.2 Å². The third kappa shape index (κ3) is 2.49. The van der Waals surface area contributed by atoms with E-state index in [4.69, 9.17) is 4.74 Å². The maximum Gasteiger partial charge on any atom is 0.239 e. The quantitative estimate of drug-likeness (QED) is 0.429. The molecular weight excluding hydrogens is 442 g/mol. The number of hydrogen-bond donors (Lipinski definition) is 0. The van der Waals surface area contributed by atoms with Gasteiger partial charge in [-0.3, -0.25) is 19.2 Å². The van der Waals surface area contributed by atoms with Gasteiger partial charge in [-0.2, -0.15) is 0 Å². The standard InChI is InChI=1S/C29H23NO5/c1-15(31)17-12-13-23(35-3)22(14-17)30-27(33)25-24-18-8-4-6-10-20(18)29(16(2)32,26(25)28(30)34)21-11-7-5-9-19(21)24/h4-14,24-26H,1-3H3/t24?,25-,26+,29?/m0/s1. The minimum atomic E-state index is -1.26. The van der Waals surface area contributed by atoms with Crippen LogP contribution in [-0.4, -0.2) is 30.5 Å². The van der Waals surface area contributed by atoms with Gasteiger partial charge in [-0.05, 0) is 54.3 Å². The van der Waals surface area contributed by atoms with Gasteiger partial charge >= 0.3 is 0 Å². The first kappa shape index (κ1) is 21.5. The average molecular weight is 466 g/mol. The van der Waals surface area contributed by atoms with Crippen molar-refractivity contribution < 1.29 is 23.9 Å². The lowest BCUT2D eigenvalue weighted by atomic mass is 9.46. The molecular formula is C29H23NO5. The Morgan fingerprint density at radius 1 is 0.857 bits per heavy atom. The van der Waals surface area contributed by atoms with Gasteiger partial charge < -0.3 is 4.74 Å². The topological polar surface area (TPSA) is 80.8 Å². The van der Waals surface area contributed by atoms with E-state index in [-0.39, 0.29) is 29.1 Å². The number of amides is 2. The van der Waals surface area contributed by atoms with Crippen molar-refractivity contribution in [3.63, 3.8) is 0 Å².